The lowest BCUT2D eigenvalue weighted by molar-refractivity contribution is -0.138. The fourth-order valence-electron chi connectivity index (χ4n) is 5.60. The highest BCUT2D eigenvalue weighted by molar-refractivity contribution is 5.83. The van der Waals surface area contributed by atoms with Gasteiger partial charge in [-0.15, -0.1) is 0 Å². The van der Waals surface area contributed by atoms with Crippen LogP contribution in [0.25, 0.3) is 0 Å². The van der Waals surface area contributed by atoms with Gasteiger partial charge in [0, 0.05) is 0 Å². The van der Waals surface area contributed by atoms with Crippen molar-refractivity contribution in [3.8, 4) is 0 Å². The fourth-order valence-corrected chi connectivity index (χ4v) is 5.60. The Kier molecular flexibility index (Phi) is 28.0. The van der Waals surface area contributed by atoms with E-state index in [1.54, 1.807) is 0 Å². The van der Waals surface area contributed by atoms with Crippen molar-refractivity contribution in [2.24, 2.45) is 5.73 Å². The van der Waals surface area contributed by atoms with Crippen molar-refractivity contribution in [1.29, 1.82) is 0 Å². The van der Waals surface area contributed by atoms with Crippen molar-refractivity contribution < 1.29 is 9.90 Å². The van der Waals surface area contributed by atoms with Crippen molar-refractivity contribution in [2.45, 2.75) is 212 Å². The van der Waals surface area contributed by atoms with E-state index in [-0.39, 0.29) is 0 Å². The molecule has 3 N–H and O–H groups in total. The van der Waals surface area contributed by atoms with Crippen LogP contribution >= 0.6 is 0 Å². The molecule has 0 aromatic heterocycles. The molecule has 0 spiro atoms. The number of unbranched alkanes of at least 4 members (excludes halogenated alkanes) is 26. The molecule has 0 fully saturated rings. The summed E-state index contributed by atoms with van der Waals surface area (Å²) in [6.45, 7) is 4.55. The van der Waals surface area contributed by atoms with E-state index in [1.165, 1.54) is 154 Å². The molecule has 0 atom stereocenters. The van der Waals surface area contributed by atoms with E-state index in [1.807, 2.05) is 0 Å². The molecule has 0 radical (unpaired) electrons. The Bertz CT molecular complexity index is 433. The number of aliphatic hydroxyl groups is 1. The molecule has 1 amide bonds. The average Bonchev–Trinajstić information content (AvgIpc) is 2.89. The van der Waals surface area contributed by atoms with Crippen LogP contribution in [0.4, 0.5) is 0 Å². The number of hydrogen-bond acceptors (Lipinski definition) is 2. The molecular weight excluding hydrogens is 454 g/mol. The van der Waals surface area contributed by atoms with E-state index in [4.69, 9.17) is 5.73 Å². The predicted octanol–water partition coefficient (Wildman–Crippen LogP) is 10.9. The molecule has 3 heteroatoms. The molecule has 0 saturated carbocycles. The molecule has 0 aliphatic heterocycles. The Hall–Kier alpha value is -0.570. The molecule has 0 aliphatic rings. The summed E-state index contributed by atoms with van der Waals surface area (Å²) in [7, 11) is 0. The van der Waals surface area contributed by atoms with Gasteiger partial charge >= 0.3 is 0 Å². The second-order valence-electron chi connectivity index (χ2n) is 12.1. The summed E-state index contributed by atoms with van der Waals surface area (Å²) < 4.78 is 0. The first-order valence-corrected chi connectivity index (χ1v) is 17.1. The van der Waals surface area contributed by atoms with Crippen LogP contribution in [0.15, 0.2) is 0 Å². The Morgan fingerprint density at radius 1 is 0.432 bits per heavy atom. The van der Waals surface area contributed by atoms with Crippen molar-refractivity contribution in [2.75, 3.05) is 0 Å². The van der Waals surface area contributed by atoms with Gasteiger partial charge in [0.1, 0.15) is 5.60 Å². The predicted molar refractivity (Wildman–Crippen MR) is 164 cm³/mol. The van der Waals surface area contributed by atoms with E-state index in [2.05, 4.69) is 13.8 Å². The number of carbonyl (C=O) groups is 1. The van der Waals surface area contributed by atoms with E-state index in [9.17, 15) is 9.90 Å². The van der Waals surface area contributed by atoms with Crippen molar-refractivity contribution in [3.05, 3.63) is 0 Å². The molecule has 0 aliphatic carbocycles. The lowest BCUT2D eigenvalue weighted by Gasteiger charge is -2.24. The fraction of sp³-hybridized carbons (Fsp3) is 0.971. The zero-order chi connectivity index (χ0) is 27.3. The normalized spacial score (nSPS) is 11.9. The lowest BCUT2D eigenvalue weighted by atomic mass is 9.89. The molecule has 0 saturated heterocycles. The standard InChI is InChI=1S/C34H69NO2/c1-3-5-7-9-11-13-15-17-19-21-23-25-27-29-31-34(37,33(35)36)32-30-28-26-24-22-20-18-16-14-12-10-8-6-4-2/h37H,3-32H2,1-2H3,(H2,35,36). The molecule has 0 aromatic carbocycles. The highest BCUT2D eigenvalue weighted by Gasteiger charge is 2.32. The second-order valence-corrected chi connectivity index (χ2v) is 12.1. The van der Waals surface area contributed by atoms with Crippen LogP contribution in [-0.2, 0) is 4.79 Å². The highest BCUT2D eigenvalue weighted by Crippen LogP contribution is 2.24. The summed E-state index contributed by atoms with van der Waals surface area (Å²) in [6, 6.07) is 0. The number of amides is 1. The molecule has 0 aromatic rings. The summed E-state index contributed by atoms with van der Waals surface area (Å²) in [5.41, 5.74) is 4.31. The van der Waals surface area contributed by atoms with Gasteiger partial charge in [0.25, 0.3) is 0 Å². The quantitative estimate of drug-likeness (QED) is 0.0887. The minimum atomic E-state index is -1.28. The van der Waals surface area contributed by atoms with E-state index < -0.39 is 11.5 Å². The van der Waals surface area contributed by atoms with Gasteiger partial charge in [0.05, 0.1) is 0 Å². The molecule has 0 unspecified atom stereocenters. The smallest absolute Gasteiger partial charge is 0.249 e. The van der Waals surface area contributed by atoms with E-state index in [0.29, 0.717) is 12.8 Å². The highest BCUT2D eigenvalue weighted by atomic mass is 16.3. The van der Waals surface area contributed by atoms with E-state index in [0.717, 1.165) is 25.7 Å². The third-order valence-corrected chi connectivity index (χ3v) is 8.35. The molecule has 0 heterocycles. The van der Waals surface area contributed by atoms with Crippen LogP contribution in [0.5, 0.6) is 0 Å². The largest absolute Gasteiger partial charge is 0.380 e. The molecule has 37 heavy (non-hydrogen) atoms. The lowest BCUT2D eigenvalue weighted by Crippen LogP contribution is -2.43. The van der Waals surface area contributed by atoms with Crippen molar-refractivity contribution in [1.82, 2.24) is 0 Å². The Balaban J connectivity index is 3.55. The second kappa shape index (κ2) is 28.4. The average molecular weight is 524 g/mol. The van der Waals surface area contributed by atoms with E-state index >= 15 is 0 Å². The molecule has 3 nitrogen and oxygen atoms in total. The third-order valence-electron chi connectivity index (χ3n) is 8.35. The first kappa shape index (κ1) is 36.4. The zero-order valence-electron chi connectivity index (χ0n) is 25.6. The number of hydrogen-bond donors (Lipinski definition) is 2. The molecule has 0 bridgehead atoms. The summed E-state index contributed by atoms with van der Waals surface area (Å²) in [5.74, 6) is -0.517. The minimum absolute atomic E-state index is 0.517. The summed E-state index contributed by atoms with van der Waals surface area (Å²) in [5, 5.41) is 10.8. The summed E-state index contributed by atoms with van der Waals surface area (Å²) in [6.07, 6.45) is 37.9. The number of carbonyl (C=O) groups excluding carboxylic acids is 1. The van der Waals surface area contributed by atoms with Crippen LogP contribution in [0.1, 0.15) is 206 Å². The van der Waals surface area contributed by atoms with Gasteiger partial charge in [-0.3, -0.25) is 4.79 Å². The SMILES string of the molecule is CCCCCCCCCCCCCCCCC(O)(CCCCCCCCCCCCCCCC)C(N)=O. The van der Waals surface area contributed by atoms with Crippen molar-refractivity contribution in [3.63, 3.8) is 0 Å². The van der Waals surface area contributed by atoms with Crippen LogP contribution < -0.4 is 5.73 Å². The van der Waals surface area contributed by atoms with Crippen molar-refractivity contribution >= 4 is 5.91 Å². The minimum Gasteiger partial charge on any atom is -0.380 e. The van der Waals surface area contributed by atoms with Gasteiger partial charge in [0.15, 0.2) is 0 Å². The number of primary amides is 1. The van der Waals surface area contributed by atoms with Gasteiger partial charge in [-0.1, -0.05) is 194 Å². The van der Waals surface area contributed by atoms with Crippen LogP contribution in [0.3, 0.4) is 0 Å². The van der Waals surface area contributed by atoms with Crippen LogP contribution in [-0.4, -0.2) is 16.6 Å². The van der Waals surface area contributed by atoms with Gasteiger partial charge in [-0.2, -0.15) is 0 Å². The number of rotatable bonds is 31. The monoisotopic (exact) mass is 524 g/mol. The Labute approximate surface area is 233 Å². The summed E-state index contributed by atoms with van der Waals surface area (Å²) in [4.78, 5) is 11.9. The number of nitrogens with two attached hydrogens (primary N) is 1. The van der Waals surface area contributed by atoms with Gasteiger partial charge < -0.3 is 10.8 Å². The molecule has 0 rings (SSSR count). The topological polar surface area (TPSA) is 63.3 Å². The molecule has 222 valence electrons. The van der Waals surface area contributed by atoms with Crippen LogP contribution in [0.2, 0.25) is 0 Å². The maximum Gasteiger partial charge on any atom is 0.249 e. The summed E-state index contributed by atoms with van der Waals surface area (Å²) >= 11 is 0. The van der Waals surface area contributed by atoms with Crippen LogP contribution in [0, 0.1) is 0 Å². The Morgan fingerprint density at radius 3 is 0.811 bits per heavy atom. The zero-order valence-corrected chi connectivity index (χ0v) is 25.6. The first-order valence-electron chi connectivity index (χ1n) is 17.1. The van der Waals surface area contributed by atoms with Gasteiger partial charge in [0.2, 0.25) is 5.91 Å². The maximum absolute atomic E-state index is 11.9. The molecular formula is C34H69NO2. The maximum atomic E-state index is 11.9. The Morgan fingerprint density at radius 2 is 0.622 bits per heavy atom. The van der Waals surface area contributed by atoms with Gasteiger partial charge in [-0.05, 0) is 12.8 Å². The third kappa shape index (κ3) is 25.5. The first-order chi connectivity index (χ1) is 18.1. The van der Waals surface area contributed by atoms with Gasteiger partial charge in [-0.25, -0.2) is 0 Å².